The van der Waals surface area contributed by atoms with Gasteiger partial charge in [0.05, 0.1) is 0 Å². The van der Waals surface area contributed by atoms with Crippen LogP contribution in [-0.4, -0.2) is 35.0 Å². The van der Waals surface area contributed by atoms with E-state index in [2.05, 4.69) is 59.9 Å². The van der Waals surface area contributed by atoms with Crippen molar-refractivity contribution in [2.24, 2.45) is 0 Å². The summed E-state index contributed by atoms with van der Waals surface area (Å²) in [6.45, 7) is 2.03. The molecule has 6 heteroatoms. The average molecular weight is 531 g/mol. The maximum absolute atomic E-state index is 13.3. The van der Waals surface area contributed by atoms with E-state index in [1.165, 1.54) is 16.7 Å². The van der Waals surface area contributed by atoms with Gasteiger partial charge in [0.15, 0.2) is 0 Å². The number of thioether (sulfide) groups is 1. The largest absolute Gasteiger partial charge is 1.00 e. The van der Waals surface area contributed by atoms with E-state index in [0.717, 1.165) is 35.1 Å². The van der Waals surface area contributed by atoms with Gasteiger partial charge in [-0.05, 0) is 83.2 Å². The van der Waals surface area contributed by atoms with Gasteiger partial charge in [-0.3, -0.25) is 4.79 Å². The summed E-state index contributed by atoms with van der Waals surface area (Å²) < 4.78 is 0. The van der Waals surface area contributed by atoms with Crippen LogP contribution < -0.4 is 24.2 Å². The number of carbonyl (C=O) groups is 2. The third-order valence-electron chi connectivity index (χ3n) is 6.76. The van der Waals surface area contributed by atoms with E-state index >= 15 is 0 Å². The first kappa shape index (κ1) is 30.3. The van der Waals surface area contributed by atoms with E-state index < -0.39 is 12.0 Å². The number of amides is 1. The van der Waals surface area contributed by atoms with Crippen LogP contribution in [0.3, 0.4) is 0 Å². The van der Waals surface area contributed by atoms with Crippen LogP contribution in [0.25, 0.3) is 22.3 Å². The Balaban J connectivity index is 0.00000420. The van der Waals surface area contributed by atoms with Gasteiger partial charge in [-0.25, -0.2) is 4.79 Å². The fraction of sp³-hybridized carbons (Fsp3) is 0.212. The second kappa shape index (κ2) is 14.8. The zero-order chi connectivity index (χ0) is 26.9. The summed E-state index contributed by atoms with van der Waals surface area (Å²) in [5.41, 5.74) is 8.17. The Morgan fingerprint density at radius 1 is 0.821 bits per heavy atom. The number of aliphatic carboxylic acids is 1. The molecule has 4 aromatic rings. The summed E-state index contributed by atoms with van der Waals surface area (Å²) in [6, 6.07) is 31.8. The van der Waals surface area contributed by atoms with Crippen molar-refractivity contribution in [1.29, 1.82) is 0 Å². The molecule has 0 aliphatic carbocycles. The van der Waals surface area contributed by atoms with Gasteiger partial charge in [0.2, 0.25) is 0 Å². The number of aryl methyl sites for hydroxylation is 3. The van der Waals surface area contributed by atoms with Crippen molar-refractivity contribution in [2.75, 3.05) is 12.0 Å². The molecule has 0 heterocycles. The standard InChI is InChI=1S/C33H33NO3S.Li/c1-23-10-6-8-14-27(23)30-22-24(17-19-29(30)32(35)34-31(33(36)37)20-21-38-2)16-18-26-13-7-9-15-28(26)25-11-4-3-5-12-25;/h3-15,17,19,22,31H,16,18,20-21H2,1-2H3,(H,34,35)(H,36,37);/q;+1. The summed E-state index contributed by atoms with van der Waals surface area (Å²) in [7, 11) is 0. The molecule has 1 amide bonds. The van der Waals surface area contributed by atoms with Crippen LogP contribution in [0.2, 0.25) is 0 Å². The molecule has 1 unspecified atom stereocenters. The normalized spacial score (nSPS) is 11.3. The smallest absolute Gasteiger partial charge is 0.480 e. The molecule has 194 valence electrons. The molecule has 0 aliphatic rings. The predicted octanol–water partition coefficient (Wildman–Crippen LogP) is 4.05. The van der Waals surface area contributed by atoms with Crippen LogP contribution in [0.5, 0.6) is 0 Å². The number of carbonyl (C=O) groups excluding carboxylic acids is 1. The van der Waals surface area contributed by atoms with E-state index in [4.69, 9.17) is 0 Å². The maximum atomic E-state index is 13.3. The van der Waals surface area contributed by atoms with Crippen LogP contribution in [0.15, 0.2) is 97.1 Å². The monoisotopic (exact) mass is 530 g/mol. The predicted molar refractivity (Wildman–Crippen MR) is 158 cm³/mol. The molecule has 0 spiro atoms. The SMILES string of the molecule is CSCCC(NC(=O)c1ccc(CCc2ccccc2-c2ccccc2)cc1-c1ccccc1C)C(=O)O.[Li+]. The van der Waals surface area contributed by atoms with E-state index in [-0.39, 0.29) is 24.8 Å². The number of carboxylic acid groups (broad SMARTS) is 1. The fourth-order valence-corrected chi connectivity index (χ4v) is 5.16. The van der Waals surface area contributed by atoms with Crippen LogP contribution in [0.1, 0.15) is 33.5 Å². The van der Waals surface area contributed by atoms with E-state index in [9.17, 15) is 14.7 Å². The van der Waals surface area contributed by atoms with Gasteiger partial charge >= 0.3 is 24.8 Å². The van der Waals surface area contributed by atoms with Gasteiger partial charge in [0, 0.05) is 5.56 Å². The van der Waals surface area contributed by atoms with Gasteiger partial charge in [-0.15, -0.1) is 0 Å². The molecule has 4 nitrogen and oxygen atoms in total. The molecule has 0 bridgehead atoms. The molecule has 1 atom stereocenters. The second-order valence-corrected chi connectivity index (χ2v) is 10.3. The number of benzene rings is 4. The van der Waals surface area contributed by atoms with E-state index in [1.54, 1.807) is 11.8 Å². The van der Waals surface area contributed by atoms with Crippen molar-refractivity contribution < 1.29 is 33.6 Å². The van der Waals surface area contributed by atoms with Crippen molar-refractivity contribution >= 4 is 23.6 Å². The Kier molecular flexibility index (Phi) is 11.5. The number of nitrogens with one attached hydrogen (secondary N) is 1. The first-order valence-corrected chi connectivity index (χ1v) is 14.2. The number of hydrogen-bond donors (Lipinski definition) is 2. The summed E-state index contributed by atoms with van der Waals surface area (Å²) >= 11 is 1.56. The molecule has 4 rings (SSSR count). The first-order valence-electron chi connectivity index (χ1n) is 12.8. The molecule has 0 radical (unpaired) electrons. The number of hydrogen-bond acceptors (Lipinski definition) is 3. The van der Waals surface area contributed by atoms with Crippen LogP contribution in [0.4, 0.5) is 0 Å². The quantitative estimate of drug-likeness (QED) is 0.287. The van der Waals surface area contributed by atoms with Crippen LogP contribution in [-0.2, 0) is 17.6 Å². The molecule has 39 heavy (non-hydrogen) atoms. The second-order valence-electron chi connectivity index (χ2n) is 9.36. The summed E-state index contributed by atoms with van der Waals surface area (Å²) in [4.78, 5) is 25.1. The Bertz CT molecular complexity index is 1410. The molecule has 0 saturated carbocycles. The number of rotatable bonds is 11. The summed E-state index contributed by atoms with van der Waals surface area (Å²) in [5, 5.41) is 12.4. The Hall–Kier alpha value is -3.23. The molecular formula is C33H33LiNO3S+. The molecule has 0 aromatic heterocycles. The Morgan fingerprint density at radius 3 is 2.18 bits per heavy atom. The molecule has 0 saturated heterocycles. The van der Waals surface area contributed by atoms with Crippen molar-refractivity contribution in [1.82, 2.24) is 5.32 Å². The van der Waals surface area contributed by atoms with E-state index in [0.29, 0.717) is 17.7 Å². The minimum absolute atomic E-state index is 0. The van der Waals surface area contributed by atoms with Gasteiger partial charge in [0.1, 0.15) is 6.04 Å². The number of carboxylic acids is 1. The molecule has 0 fully saturated rings. The first-order chi connectivity index (χ1) is 18.5. The van der Waals surface area contributed by atoms with Crippen LogP contribution in [0, 0.1) is 6.92 Å². The third-order valence-corrected chi connectivity index (χ3v) is 7.41. The van der Waals surface area contributed by atoms with Crippen molar-refractivity contribution in [3.63, 3.8) is 0 Å². The molecular weight excluding hydrogens is 497 g/mol. The van der Waals surface area contributed by atoms with Gasteiger partial charge < -0.3 is 10.4 Å². The average Bonchev–Trinajstić information content (AvgIpc) is 2.94. The molecule has 0 aliphatic heterocycles. The minimum atomic E-state index is -1.02. The molecule has 4 aromatic carbocycles. The van der Waals surface area contributed by atoms with Crippen molar-refractivity contribution in [2.45, 2.75) is 32.2 Å². The molecule has 2 N–H and O–H groups in total. The summed E-state index contributed by atoms with van der Waals surface area (Å²) in [5.74, 6) is -0.720. The minimum Gasteiger partial charge on any atom is -0.480 e. The topological polar surface area (TPSA) is 66.4 Å². The fourth-order valence-electron chi connectivity index (χ4n) is 4.69. The van der Waals surface area contributed by atoms with Crippen molar-refractivity contribution in [3.8, 4) is 22.3 Å². The van der Waals surface area contributed by atoms with Gasteiger partial charge in [-0.1, -0.05) is 91.0 Å². The van der Waals surface area contributed by atoms with Gasteiger partial charge in [0.25, 0.3) is 5.91 Å². The maximum Gasteiger partial charge on any atom is 1.00 e. The third kappa shape index (κ3) is 7.89. The van der Waals surface area contributed by atoms with Gasteiger partial charge in [-0.2, -0.15) is 11.8 Å². The summed E-state index contributed by atoms with van der Waals surface area (Å²) in [6.07, 6.45) is 3.98. The zero-order valence-electron chi connectivity index (χ0n) is 22.8. The van der Waals surface area contributed by atoms with E-state index in [1.807, 2.05) is 55.6 Å². The van der Waals surface area contributed by atoms with Crippen LogP contribution >= 0.6 is 11.8 Å². The Morgan fingerprint density at radius 2 is 1.49 bits per heavy atom. The zero-order valence-corrected chi connectivity index (χ0v) is 23.6. The Labute approximate surface area is 247 Å². The van der Waals surface area contributed by atoms with Crippen molar-refractivity contribution in [3.05, 3.63) is 119 Å².